The molecule has 0 fully saturated rings. The smallest absolute Gasteiger partial charge is 0.281 e. The number of aromatic nitrogens is 2. The minimum atomic E-state index is -1.49. The first kappa shape index (κ1) is 27.4. The lowest BCUT2D eigenvalue weighted by Gasteiger charge is -2.27. The molecule has 0 amide bonds. The fourth-order valence-electron chi connectivity index (χ4n) is 3.94. The van der Waals surface area contributed by atoms with Crippen molar-refractivity contribution in [2.75, 3.05) is 17.6 Å². The van der Waals surface area contributed by atoms with Crippen LogP contribution in [0.15, 0.2) is 63.0 Å². The van der Waals surface area contributed by atoms with Gasteiger partial charge in [0.2, 0.25) is 0 Å². The lowest BCUT2D eigenvalue weighted by molar-refractivity contribution is 0.380. The summed E-state index contributed by atoms with van der Waals surface area (Å²) in [5.41, 5.74) is 1.87. The summed E-state index contributed by atoms with van der Waals surface area (Å²) < 4.78 is 35.4. The van der Waals surface area contributed by atoms with Gasteiger partial charge in [0.05, 0.1) is 29.2 Å². The van der Waals surface area contributed by atoms with Gasteiger partial charge in [0, 0.05) is 22.9 Å². The van der Waals surface area contributed by atoms with Gasteiger partial charge in [0.15, 0.2) is 14.0 Å². The van der Waals surface area contributed by atoms with Gasteiger partial charge in [-0.25, -0.2) is 18.3 Å². The van der Waals surface area contributed by atoms with Crippen LogP contribution in [0.25, 0.3) is 11.3 Å². The quantitative estimate of drug-likeness (QED) is 0.247. The minimum Gasteiger partial charge on any atom is -0.505 e. The molecule has 3 heterocycles. The summed E-state index contributed by atoms with van der Waals surface area (Å²) in [6.07, 6.45) is 1.53. The van der Waals surface area contributed by atoms with Crippen molar-refractivity contribution in [2.24, 2.45) is 4.99 Å². The third-order valence-electron chi connectivity index (χ3n) is 5.63. The van der Waals surface area contributed by atoms with Gasteiger partial charge >= 0.3 is 0 Å². The second kappa shape index (κ2) is 11.5. The zero-order chi connectivity index (χ0) is 27.7. The van der Waals surface area contributed by atoms with Crippen molar-refractivity contribution < 1.29 is 18.2 Å². The van der Waals surface area contributed by atoms with Crippen LogP contribution in [-0.4, -0.2) is 37.8 Å². The molecule has 3 N–H and O–H groups in total. The van der Waals surface area contributed by atoms with E-state index in [1.807, 2.05) is 12.3 Å². The van der Waals surface area contributed by atoms with E-state index in [9.17, 15) is 18.5 Å². The van der Waals surface area contributed by atoms with Crippen molar-refractivity contribution in [3.63, 3.8) is 0 Å². The number of halogens is 2. The third kappa shape index (κ3) is 5.75. The van der Waals surface area contributed by atoms with E-state index < -0.39 is 30.7 Å². The molecule has 0 saturated heterocycles. The Morgan fingerprint density at radius 1 is 1.28 bits per heavy atom. The van der Waals surface area contributed by atoms with Crippen LogP contribution < -0.4 is 20.7 Å². The Labute approximate surface area is 235 Å². The van der Waals surface area contributed by atoms with Crippen LogP contribution in [-0.2, 0) is 22.1 Å². The molecule has 1 aliphatic rings. The maximum atomic E-state index is 13.8. The fourth-order valence-corrected chi connectivity index (χ4v) is 6.77. The summed E-state index contributed by atoms with van der Waals surface area (Å²) in [7, 11) is -2.76. The van der Waals surface area contributed by atoms with Crippen LogP contribution in [0.5, 0.6) is 5.75 Å². The van der Waals surface area contributed by atoms with Crippen LogP contribution in [0.1, 0.15) is 18.1 Å². The topological polar surface area (TPSA) is 118 Å². The predicted octanol–water partition coefficient (Wildman–Crippen LogP) is 4.88. The molecule has 202 valence electrons. The van der Waals surface area contributed by atoms with E-state index in [-0.39, 0.29) is 34.4 Å². The molecule has 0 spiro atoms. The number of hydrogen-bond acceptors (Lipinski definition) is 8. The number of rotatable bonds is 8. The molecule has 14 heteroatoms. The van der Waals surface area contributed by atoms with E-state index in [1.165, 1.54) is 40.5 Å². The van der Waals surface area contributed by atoms with Gasteiger partial charge in [-0.2, -0.15) is 16.4 Å². The number of fused-ring (bicyclic) bond motifs is 1. The number of hydrogen-bond donors (Lipinski definition) is 3. The molecule has 1 aliphatic heterocycles. The standard InChI is InChI=1S/C25H22ClFN5O4PS2/c1-3-36-37-20-11-16(31-39(2)35)5-7-19(20)28-24(30-37)21-23(33)22(15-8-9-38-13-15)29-32(25(21)34)12-14-4-6-18(27)17(26)10-14/h4-11,13,31,33H,3,12H2,1-2H3,(H,28,30). The van der Waals surface area contributed by atoms with Crippen LogP contribution in [0.3, 0.4) is 0 Å². The molecule has 2 aromatic heterocycles. The lowest BCUT2D eigenvalue weighted by atomic mass is 10.1. The maximum absolute atomic E-state index is 13.8. The summed E-state index contributed by atoms with van der Waals surface area (Å²) in [6, 6.07) is 11.2. The van der Waals surface area contributed by atoms with Crippen LogP contribution in [0, 0.1) is 5.82 Å². The number of nitrogens with zero attached hydrogens (tertiary/aromatic N) is 3. The van der Waals surface area contributed by atoms with Crippen molar-refractivity contribution in [1.29, 1.82) is 0 Å². The molecule has 2 aromatic carbocycles. The van der Waals surface area contributed by atoms with E-state index in [0.717, 1.165) is 5.30 Å². The molecular weight excluding hydrogens is 584 g/mol. The highest BCUT2D eigenvalue weighted by molar-refractivity contribution is 7.85. The zero-order valence-corrected chi connectivity index (χ0v) is 23.9. The largest absolute Gasteiger partial charge is 0.505 e. The van der Waals surface area contributed by atoms with E-state index >= 15 is 0 Å². The predicted molar refractivity (Wildman–Crippen MR) is 156 cm³/mol. The van der Waals surface area contributed by atoms with Gasteiger partial charge in [-0.1, -0.05) is 17.7 Å². The van der Waals surface area contributed by atoms with Crippen LogP contribution in [0.4, 0.5) is 15.8 Å². The molecule has 4 aromatic rings. The number of aliphatic imine (C=N–C) groups is 1. The summed E-state index contributed by atoms with van der Waals surface area (Å²) in [5.74, 6) is -0.764. The third-order valence-corrected chi connectivity index (χ3v) is 8.85. The lowest BCUT2D eigenvalue weighted by Crippen LogP contribution is -2.37. The molecule has 9 nitrogen and oxygen atoms in total. The van der Waals surface area contributed by atoms with Gasteiger partial charge < -0.3 is 19.4 Å². The average molecular weight is 606 g/mol. The number of amidine groups is 1. The Bertz CT molecular complexity index is 1670. The van der Waals surface area contributed by atoms with E-state index in [2.05, 4.69) is 19.9 Å². The minimum absolute atomic E-state index is 0.0173. The van der Waals surface area contributed by atoms with E-state index in [4.69, 9.17) is 16.1 Å². The summed E-state index contributed by atoms with van der Waals surface area (Å²) in [5, 5.41) is 23.3. The summed E-state index contributed by atoms with van der Waals surface area (Å²) in [4.78, 5) is 18.4. The Balaban J connectivity index is 1.67. The van der Waals surface area contributed by atoms with Gasteiger partial charge in [-0.05, 0) is 54.3 Å². The monoisotopic (exact) mass is 605 g/mol. The van der Waals surface area contributed by atoms with Crippen molar-refractivity contribution in [2.45, 2.75) is 13.5 Å². The normalized spacial score (nSPS) is 15.3. The zero-order valence-electron chi connectivity index (χ0n) is 20.6. The van der Waals surface area contributed by atoms with Crippen LogP contribution >= 0.6 is 31.2 Å². The van der Waals surface area contributed by atoms with Crippen LogP contribution in [0.2, 0.25) is 5.02 Å². The number of thiophene rings is 1. The summed E-state index contributed by atoms with van der Waals surface area (Å²) >= 11 is 7.38. The first-order chi connectivity index (χ1) is 18.7. The van der Waals surface area contributed by atoms with Gasteiger partial charge in [-0.15, -0.1) is 0 Å². The molecular formula is C25H22ClFN5O4PS2. The second-order valence-electron chi connectivity index (χ2n) is 8.34. The Morgan fingerprint density at radius 3 is 2.79 bits per heavy atom. The maximum Gasteiger partial charge on any atom is 0.281 e. The number of nitrogens with one attached hydrogen (secondary N) is 2. The molecule has 0 bridgehead atoms. The van der Waals surface area contributed by atoms with Crippen molar-refractivity contribution in [3.05, 3.63) is 85.5 Å². The molecule has 0 aliphatic carbocycles. The highest BCUT2D eigenvalue weighted by atomic mass is 35.5. The van der Waals surface area contributed by atoms with Gasteiger partial charge in [0.1, 0.15) is 33.9 Å². The summed E-state index contributed by atoms with van der Waals surface area (Å²) in [6.45, 7) is 2.20. The molecule has 0 radical (unpaired) electrons. The van der Waals surface area contributed by atoms with E-state index in [1.54, 1.807) is 29.6 Å². The Morgan fingerprint density at radius 2 is 2.10 bits per heavy atom. The molecule has 2 unspecified atom stereocenters. The fraction of sp³-hybridized carbons (Fsp3) is 0.160. The Kier molecular flexibility index (Phi) is 8.11. The number of benzene rings is 2. The first-order valence-corrected chi connectivity index (χ1v) is 15.7. The van der Waals surface area contributed by atoms with Crippen molar-refractivity contribution in [3.8, 4) is 17.0 Å². The second-order valence-corrected chi connectivity index (χ2v) is 12.2. The number of aromatic hydroxyl groups is 1. The van der Waals surface area contributed by atoms with Gasteiger partial charge in [-0.3, -0.25) is 4.79 Å². The van der Waals surface area contributed by atoms with E-state index in [0.29, 0.717) is 29.1 Å². The first-order valence-electron chi connectivity index (χ1n) is 11.6. The highest BCUT2D eigenvalue weighted by Crippen LogP contribution is 2.41. The molecule has 2 atom stereocenters. The molecule has 39 heavy (non-hydrogen) atoms. The number of anilines is 1. The van der Waals surface area contributed by atoms with Gasteiger partial charge in [0.25, 0.3) is 5.56 Å². The highest BCUT2D eigenvalue weighted by Gasteiger charge is 2.30. The molecule has 0 saturated carbocycles. The average Bonchev–Trinajstić information content (AvgIpc) is 3.43. The Hall–Kier alpha value is -3.15. The molecule has 5 rings (SSSR count). The SMILES string of the molecule is CCOP1NC(c2c(O)c(-c3ccsc3)nn(Cc3ccc(F)c(Cl)c3)c2=O)=Nc2ccc(NS(C)=O)cc21. The van der Waals surface area contributed by atoms with Crippen molar-refractivity contribution >= 4 is 64.7 Å². The van der Waals surface area contributed by atoms with Crippen molar-refractivity contribution in [1.82, 2.24) is 14.9 Å².